The maximum Gasteiger partial charge on any atom is 0.258 e. The van der Waals surface area contributed by atoms with Gasteiger partial charge in [0.05, 0.1) is 11.3 Å². The average Bonchev–Trinajstić information content (AvgIpc) is 2.38. The van der Waals surface area contributed by atoms with Crippen LogP contribution in [0.5, 0.6) is 0 Å². The number of carbonyl (C=O) groups excluding carboxylic acids is 1. The molecule has 0 radical (unpaired) electrons. The Bertz CT molecular complexity index is 610. The van der Waals surface area contributed by atoms with Crippen LogP contribution in [0.25, 0.3) is 0 Å². The molecule has 0 aliphatic heterocycles. The van der Waals surface area contributed by atoms with E-state index in [0.29, 0.717) is 17.1 Å². The number of nitrogens with zero attached hydrogens (tertiary/aromatic N) is 1. The van der Waals surface area contributed by atoms with E-state index in [1.54, 1.807) is 12.3 Å². The van der Waals surface area contributed by atoms with Crippen LogP contribution in [0.15, 0.2) is 36.5 Å². The zero-order valence-electron chi connectivity index (χ0n) is 10.9. The molecule has 0 atom stereocenters. The van der Waals surface area contributed by atoms with Gasteiger partial charge in [0.2, 0.25) is 0 Å². The number of amides is 1. The van der Waals surface area contributed by atoms with Gasteiger partial charge in [0.1, 0.15) is 5.82 Å². The molecule has 0 fully saturated rings. The zero-order valence-corrected chi connectivity index (χ0v) is 10.9. The molecule has 1 amide bonds. The number of benzene rings is 1. The molecule has 0 saturated heterocycles. The first-order valence-electron chi connectivity index (χ1n) is 5.91. The molecule has 0 spiro atoms. The Kier molecular flexibility index (Phi) is 3.77. The predicted octanol–water partition coefficient (Wildman–Crippen LogP) is 2.24. The van der Waals surface area contributed by atoms with Gasteiger partial charge >= 0.3 is 0 Å². The zero-order chi connectivity index (χ0) is 13.8. The summed E-state index contributed by atoms with van der Waals surface area (Å²) in [5, 5.41) is 2.75. The van der Waals surface area contributed by atoms with E-state index in [1.165, 1.54) is 0 Å². The van der Waals surface area contributed by atoms with Crippen molar-refractivity contribution in [3.8, 4) is 0 Å². The third kappa shape index (κ3) is 3.08. The van der Waals surface area contributed by atoms with Crippen LogP contribution in [-0.4, -0.2) is 10.9 Å². The summed E-state index contributed by atoms with van der Waals surface area (Å²) in [6, 6.07) is 9.09. The van der Waals surface area contributed by atoms with E-state index in [9.17, 15) is 4.79 Å². The Hall–Kier alpha value is -2.40. The summed E-state index contributed by atoms with van der Waals surface area (Å²) in [4.78, 5) is 16.3. The standard InChI is InChI=1S/C14H16N4O/c1-9-3-4-11(12(7-9)18-15)14(19)17-13-8-10(2)5-6-16-13/h3-8,18H,15H2,1-2H3,(H,16,17,19). The number of pyridine rings is 1. The van der Waals surface area contributed by atoms with Gasteiger partial charge in [-0.3, -0.25) is 10.6 Å². The van der Waals surface area contributed by atoms with Crippen molar-refractivity contribution in [1.29, 1.82) is 0 Å². The number of aryl methyl sites for hydroxylation is 2. The van der Waals surface area contributed by atoms with Gasteiger partial charge in [0, 0.05) is 6.20 Å². The Labute approximate surface area is 111 Å². The highest BCUT2D eigenvalue weighted by atomic mass is 16.1. The van der Waals surface area contributed by atoms with Crippen LogP contribution in [0.1, 0.15) is 21.5 Å². The summed E-state index contributed by atoms with van der Waals surface area (Å²) in [7, 11) is 0. The fourth-order valence-corrected chi connectivity index (χ4v) is 1.76. The summed E-state index contributed by atoms with van der Waals surface area (Å²) < 4.78 is 0. The van der Waals surface area contributed by atoms with E-state index in [0.717, 1.165) is 11.1 Å². The van der Waals surface area contributed by atoms with Gasteiger partial charge in [-0.15, -0.1) is 0 Å². The van der Waals surface area contributed by atoms with Gasteiger partial charge in [-0.1, -0.05) is 6.07 Å². The molecule has 4 N–H and O–H groups in total. The van der Waals surface area contributed by atoms with Crippen LogP contribution in [0.4, 0.5) is 11.5 Å². The van der Waals surface area contributed by atoms with Crippen molar-refractivity contribution in [3.63, 3.8) is 0 Å². The first kappa shape index (κ1) is 13.0. The number of hydrogen-bond acceptors (Lipinski definition) is 4. The third-order valence-corrected chi connectivity index (χ3v) is 2.73. The molecule has 98 valence electrons. The average molecular weight is 256 g/mol. The van der Waals surface area contributed by atoms with Gasteiger partial charge < -0.3 is 10.7 Å². The molecular weight excluding hydrogens is 240 g/mol. The fourth-order valence-electron chi connectivity index (χ4n) is 1.76. The molecule has 0 saturated carbocycles. The number of nitrogens with two attached hydrogens (primary N) is 1. The molecule has 5 heteroatoms. The van der Waals surface area contributed by atoms with Crippen LogP contribution < -0.4 is 16.6 Å². The Morgan fingerprint density at radius 2 is 1.89 bits per heavy atom. The highest BCUT2D eigenvalue weighted by molar-refractivity contribution is 6.07. The molecule has 5 nitrogen and oxygen atoms in total. The molecule has 0 bridgehead atoms. The summed E-state index contributed by atoms with van der Waals surface area (Å²) in [5.41, 5.74) is 5.66. The second-order valence-electron chi connectivity index (χ2n) is 4.37. The monoisotopic (exact) mass is 256 g/mol. The summed E-state index contributed by atoms with van der Waals surface area (Å²) >= 11 is 0. The molecule has 1 aromatic carbocycles. The van der Waals surface area contributed by atoms with Crippen LogP contribution >= 0.6 is 0 Å². The number of hydrazine groups is 1. The van der Waals surface area contributed by atoms with Crippen LogP contribution in [0, 0.1) is 13.8 Å². The van der Waals surface area contributed by atoms with Gasteiger partial charge in [0.25, 0.3) is 5.91 Å². The molecule has 0 unspecified atom stereocenters. The number of aromatic nitrogens is 1. The van der Waals surface area contributed by atoms with Gasteiger partial charge in [0.15, 0.2) is 0 Å². The minimum atomic E-state index is -0.244. The lowest BCUT2D eigenvalue weighted by molar-refractivity contribution is 0.102. The second-order valence-corrected chi connectivity index (χ2v) is 4.37. The minimum Gasteiger partial charge on any atom is -0.323 e. The van der Waals surface area contributed by atoms with E-state index >= 15 is 0 Å². The topological polar surface area (TPSA) is 80.0 Å². The molecule has 2 rings (SSSR count). The number of nitrogen functional groups attached to an aromatic ring is 1. The molecule has 1 aromatic heterocycles. The minimum absolute atomic E-state index is 0.244. The van der Waals surface area contributed by atoms with E-state index in [4.69, 9.17) is 5.84 Å². The molecule has 1 heterocycles. The quantitative estimate of drug-likeness (QED) is 0.581. The van der Waals surface area contributed by atoms with Gasteiger partial charge in [-0.25, -0.2) is 4.98 Å². The van der Waals surface area contributed by atoms with Crippen molar-refractivity contribution in [2.24, 2.45) is 5.84 Å². The Morgan fingerprint density at radius 3 is 2.58 bits per heavy atom. The van der Waals surface area contributed by atoms with Crippen molar-refractivity contribution >= 4 is 17.4 Å². The Balaban J connectivity index is 2.25. The molecule has 0 aliphatic rings. The first-order chi connectivity index (χ1) is 9.10. The van der Waals surface area contributed by atoms with Crippen molar-refractivity contribution in [3.05, 3.63) is 53.2 Å². The first-order valence-corrected chi connectivity index (χ1v) is 5.91. The maximum absolute atomic E-state index is 12.2. The second kappa shape index (κ2) is 5.49. The van der Waals surface area contributed by atoms with E-state index in [-0.39, 0.29) is 5.91 Å². The van der Waals surface area contributed by atoms with E-state index in [1.807, 2.05) is 38.1 Å². The van der Waals surface area contributed by atoms with E-state index in [2.05, 4.69) is 15.7 Å². The molecule has 2 aromatic rings. The maximum atomic E-state index is 12.2. The number of carbonyl (C=O) groups is 1. The lowest BCUT2D eigenvalue weighted by atomic mass is 10.1. The highest BCUT2D eigenvalue weighted by Crippen LogP contribution is 2.18. The van der Waals surface area contributed by atoms with Crippen molar-refractivity contribution in [2.75, 3.05) is 10.7 Å². The number of rotatable bonds is 3. The third-order valence-electron chi connectivity index (χ3n) is 2.73. The lowest BCUT2D eigenvalue weighted by Crippen LogP contribution is -2.18. The largest absolute Gasteiger partial charge is 0.323 e. The fraction of sp³-hybridized carbons (Fsp3) is 0.143. The number of nitrogens with one attached hydrogen (secondary N) is 2. The smallest absolute Gasteiger partial charge is 0.258 e. The summed E-state index contributed by atoms with van der Waals surface area (Å²) in [6.07, 6.45) is 1.65. The Morgan fingerprint density at radius 1 is 1.16 bits per heavy atom. The van der Waals surface area contributed by atoms with Crippen molar-refractivity contribution in [1.82, 2.24) is 4.98 Å². The summed E-state index contributed by atoms with van der Waals surface area (Å²) in [5.74, 6) is 5.71. The van der Waals surface area contributed by atoms with Crippen molar-refractivity contribution in [2.45, 2.75) is 13.8 Å². The lowest BCUT2D eigenvalue weighted by Gasteiger charge is -2.10. The van der Waals surface area contributed by atoms with Gasteiger partial charge in [-0.2, -0.15) is 0 Å². The van der Waals surface area contributed by atoms with Crippen LogP contribution in [0.3, 0.4) is 0 Å². The molecular formula is C14H16N4O. The predicted molar refractivity (Wildman–Crippen MR) is 75.9 cm³/mol. The van der Waals surface area contributed by atoms with Crippen molar-refractivity contribution < 1.29 is 4.79 Å². The van der Waals surface area contributed by atoms with E-state index < -0.39 is 0 Å². The molecule has 19 heavy (non-hydrogen) atoms. The highest BCUT2D eigenvalue weighted by Gasteiger charge is 2.11. The van der Waals surface area contributed by atoms with Crippen LogP contribution in [-0.2, 0) is 0 Å². The number of anilines is 2. The summed E-state index contributed by atoms with van der Waals surface area (Å²) in [6.45, 7) is 3.88. The van der Waals surface area contributed by atoms with Gasteiger partial charge in [-0.05, 0) is 49.2 Å². The number of hydrogen-bond donors (Lipinski definition) is 3. The molecule has 0 aliphatic carbocycles. The van der Waals surface area contributed by atoms with Crippen LogP contribution in [0.2, 0.25) is 0 Å². The normalized spacial score (nSPS) is 10.1. The SMILES string of the molecule is Cc1ccnc(NC(=O)c2ccc(C)cc2NN)c1.